The molecule has 3 nitrogen and oxygen atoms in total. The van der Waals surface area contributed by atoms with E-state index >= 15 is 0 Å². The molecule has 0 fully saturated rings. The second-order valence-corrected chi connectivity index (χ2v) is 3.19. The number of hydrogen-bond donors (Lipinski definition) is 0. The summed E-state index contributed by atoms with van der Waals surface area (Å²) in [5.41, 5.74) is 0. The van der Waals surface area contributed by atoms with Gasteiger partial charge in [0, 0.05) is 7.05 Å². The first-order valence-electron chi connectivity index (χ1n) is 4.18. The molecule has 0 saturated carbocycles. The van der Waals surface area contributed by atoms with Crippen LogP contribution in [0.15, 0.2) is 16.5 Å². The summed E-state index contributed by atoms with van der Waals surface area (Å²) in [6, 6.07) is 2.87. The second kappa shape index (κ2) is 3.96. The Morgan fingerprint density at radius 3 is 2.47 bits per heavy atom. The van der Waals surface area contributed by atoms with Crippen LogP contribution in [0, 0.1) is 6.92 Å². The maximum atomic E-state index is 12.0. The number of carbonyl (C=O) groups excluding carboxylic acids is 1. The number of carbonyl (C=O) groups is 1. The lowest BCUT2D eigenvalue weighted by Crippen LogP contribution is -2.35. The van der Waals surface area contributed by atoms with Crippen LogP contribution >= 0.6 is 0 Å². The molecule has 0 aliphatic carbocycles. The van der Waals surface area contributed by atoms with Gasteiger partial charge in [0.15, 0.2) is 5.76 Å². The molecular weight excluding hydrogens is 211 g/mol. The Kier molecular flexibility index (Phi) is 3.06. The first-order chi connectivity index (χ1) is 6.79. The lowest BCUT2D eigenvalue weighted by molar-refractivity contribution is -0.138. The number of aryl methyl sites for hydroxylation is 1. The van der Waals surface area contributed by atoms with Crippen LogP contribution in [0.5, 0.6) is 0 Å². The van der Waals surface area contributed by atoms with Crippen LogP contribution in [0.4, 0.5) is 13.2 Å². The highest BCUT2D eigenvalue weighted by atomic mass is 19.4. The molecule has 0 spiro atoms. The molecule has 0 atom stereocenters. The number of halogens is 3. The number of amides is 1. The largest absolute Gasteiger partial charge is 0.456 e. The van der Waals surface area contributed by atoms with E-state index in [1.807, 2.05) is 0 Å². The van der Waals surface area contributed by atoms with Crippen molar-refractivity contribution < 1.29 is 22.4 Å². The first kappa shape index (κ1) is 11.6. The van der Waals surface area contributed by atoms with Gasteiger partial charge in [0.25, 0.3) is 5.91 Å². The molecule has 15 heavy (non-hydrogen) atoms. The number of rotatable bonds is 2. The third kappa shape index (κ3) is 3.30. The van der Waals surface area contributed by atoms with E-state index in [9.17, 15) is 18.0 Å². The predicted octanol–water partition coefficient (Wildman–Crippen LogP) is 2.22. The van der Waals surface area contributed by atoms with E-state index in [1.165, 1.54) is 12.1 Å². The lowest BCUT2D eigenvalue weighted by Gasteiger charge is -2.17. The van der Waals surface area contributed by atoms with Crippen molar-refractivity contribution in [3.8, 4) is 0 Å². The van der Waals surface area contributed by atoms with E-state index < -0.39 is 18.6 Å². The Morgan fingerprint density at radius 2 is 2.07 bits per heavy atom. The van der Waals surface area contributed by atoms with Crippen LogP contribution in [0.25, 0.3) is 0 Å². The van der Waals surface area contributed by atoms with Gasteiger partial charge < -0.3 is 9.32 Å². The highest BCUT2D eigenvalue weighted by Gasteiger charge is 2.32. The summed E-state index contributed by atoms with van der Waals surface area (Å²) >= 11 is 0. The van der Waals surface area contributed by atoms with Gasteiger partial charge in [-0.1, -0.05) is 0 Å². The number of nitrogens with zero attached hydrogens (tertiary/aromatic N) is 1. The minimum Gasteiger partial charge on any atom is -0.456 e. The molecule has 1 heterocycles. The van der Waals surface area contributed by atoms with Gasteiger partial charge in [-0.3, -0.25) is 4.79 Å². The monoisotopic (exact) mass is 221 g/mol. The molecule has 1 aromatic rings. The lowest BCUT2D eigenvalue weighted by atomic mass is 10.4. The Bertz CT molecular complexity index is 356. The summed E-state index contributed by atoms with van der Waals surface area (Å²) in [4.78, 5) is 11.9. The fourth-order valence-electron chi connectivity index (χ4n) is 1.08. The van der Waals surface area contributed by atoms with E-state index in [0.717, 1.165) is 7.05 Å². The molecule has 1 amide bonds. The molecule has 84 valence electrons. The van der Waals surface area contributed by atoms with Gasteiger partial charge in [0.1, 0.15) is 12.3 Å². The van der Waals surface area contributed by atoms with Crippen molar-refractivity contribution in [2.45, 2.75) is 13.1 Å². The van der Waals surface area contributed by atoms with Crippen LogP contribution in [-0.2, 0) is 0 Å². The molecule has 0 unspecified atom stereocenters. The van der Waals surface area contributed by atoms with Gasteiger partial charge in [-0.05, 0) is 19.1 Å². The van der Waals surface area contributed by atoms with Crippen molar-refractivity contribution in [1.82, 2.24) is 4.90 Å². The Labute approximate surface area is 84.5 Å². The number of alkyl halides is 3. The molecule has 0 aliphatic heterocycles. The zero-order valence-electron chi connectivity index (χ0n) is 8.26. The Hall–Kier alpha value is -1.46. The highest BCUT2D eigenvalue weighted by molar-refractivity contribution is 5.91. The highest BCUT2D eigenvalue weighted by Crippen LogP contribution is 2.17. The van der Waals surface area contributed by atoms with Crippen molar-refractivity contribution >= 4 is 5.91 Å². The van der Waals surface area contributed by atoms with E-state index in [4.69, 9.17) is 4.42 Å². The third-order valence-corrected chi connectivity index (χ3v) is 1.71. The minimum atomic E-state index is -4.40. The zero-order chi connectivity index (χ0) is 11.6. The van der Waals surface area contributed by atoms with Crippen molar-refractivity contribution in [3.63, 3.8) is 0 Å². The predicted molar refractivity (Wildman–Crippen MR) is 46.5 cm³/mol. The van der Waals surface area contributed by atoms with Crippen LogP contribution in [0.2, 0.25) is 0 Å². The molecule has 0 radical (unpaired) electrons. The van der Waals surface area contributed by atoms with E-state index in [0.29, 0.717) is 10.7 Å². The molecule has 0 aliphatic rings. The van der Waals surface area contributed by atoms with E-state index in [2.05, 4.69) is 0 Å². The second-order valence-electron chi connectivity index (χ2n) is 3.19. The summed E-state index contributed by atoms with van der Waals surface area (Å²) in [6.07, 6.45) is -4.40. The van der Waals surface area contributed by atoms with Crippen molar-refractivity contribution in [2.24, 2.45) is 0 Å². The summed E-state index contributed by atoms with van der Waals surface area (Å²) in [6.45, 7) is 0.326. The molecule has 6 heteroatoms. The summed E-state index contributed by atoms with van der Waals surface area (Å²) in [5.74, 6) is -0.376. The molecule has 0 N–H and O–H groups in total. The number of hydrogen-bond acceptors (Lipinski definition) is 2. The normalized spacial score (nSPS) is 11.5. The Balaban J connectivity index is 2.69. The van der Waals surface area contributed by atoms with Crippen LogP contribution in [-0.4, -0.2) is 30.6 Å². The average Bonchev–Trinajstić information content (AvgIpc) is 2.47. The zero-order valence-corrected chi connectivity index (χ0v) is 8.26. The van der Waals surface area contributed by atoms with Crippen LogP contribution in [0.1, 0.15) is 16.3 Å². The molecular formula is C9H10F3NO2. The SMILES string of the molecule is Cc1ccc(C(=O)N(C)CC(F)(F)F)o1. The molecule has 1 aromatic heterocycles. The van der Waals surface area contributed by atoms with Gasteiger partial charge >= 0.3 is 6.18 Å². The molecule has 0 aromatic carbocycles. The summed E-state index contributed by atoms with van der Waals surface area (Å²) < 4.78 is 40.8. The maximum absolute atomic E-state index is 12.0. The minimum absolute atomic E-state index is 0.0840. The fraction of sp³-hybridized carbons (Fsp3) is 0.444. The molecule has 0 bridgehead atoms. The number of furan rings is 1. The topological polar surface area (TPSA) is 33.5 Å². The average molecular weight is 221 g/mol. The van der Waals surface area contributed by atoms with Crippen LogP contribution < -0.4 is 0 Å². The first-order valence-corrected chi connectivity index (χ1v) is 4.18. The van der Waals surface area contributed by atoms with Crippen LogP contribution in [0.3, 0.4) is 0 Å². The van der Waals surface area contributed by atoms with Gasteiger partial charge in [-0.2, -0.15) is 13.2 Å². The Morgan fingerprint density at radius 1 is 1.47 bits per heavy atom. The fourth-order valence-corrected chi connectivity index (χ4v) is 1.08. The van der Waals surface area contributed by atoms with E-state index in [-0.39, 0.29) is 5.76 Å². The van der Waals surface area contributed by atoms with Crippen molar-refractivity contribution in [2.75, 3.05) is 13.6 Å². The third-order valence-electron chi connectivity index (χ3n) is 1.71. The van der Waals surface area contributed by atoms with Gasteiger partial charge in [0.2, 0.25) is 0 Å². The smallest absolute Gasteiger partial charge is 0.406 e. The van der Waals surface area contributed by atoms with Gasteiger partial charge in [-0.15, -0.1) is 0 Å². The van der Waals surface area contributed by atoms with Gasteiger partial charge in [0.05, 0.1) is 0 Å². The van der Waals surface area contributed by atoms with Crippen molar-refractivity contribution in [1.29, 1.82) is 0 Å². The van der Waals surface area contributed by atoms with Gasteiger partial charge in [-0.25, -0.2) is 0 Å². The van der Waals surface area contributed by atoms with E-state index in [1.54, 1.807) is 6.92 Å². The molecule has 0 saturated heterocycles. The summed E-state index contributed by atoms with van der Waals surface area (Å²) in [5, 5.41) is 0. The molecule has 1 rings (SSSR count). The van der Waals surface area contributed by atoms with Crippen molar-refractivity contribution in [3.05, 3.63) is 23.7 Å². The quantitative estimate of drug-likeness (QED) is 0.767. The maximum Gasteiger partial charge on any atom is 0.406 e. The standard InChI is InChI=1S/C9H10F3NO2/c1-6-3-4-7(15-6)8(14)13(2)5-9(10,11)12/h3-4H,5H2,1-2H3. The summed E-state index contributed by atoms with van der Waals surface area (Å²) in [7, 11) is 1.08.